The molecule has 1 unspecified atom stereocenters. The van der Waals surface area contributed by atoms with Gasteiger partial charge in [0, 0.05) is 6.04 Å². The molecule has 1 heterocycles. The first-order valence-electron chi connectivity index (χ1n) is 5.92. The topological polar surface area (TPSA) is 24.9 Å². The van der Waals surface area contributed by atoms with Crippen LogP contribution in [0.5, 0.6) is 0 Å². The number of rotatable bonds is 4. The van der Waals surface area contributed by atoms with Crippen molar-refractivity contribution in [3.63, 3.8) is 0 Å². The lowest BCUT2D eigenvalue weighted by molar-refractivity contribution is 0.511. The lowest BCUT2D eigenvalue weighted by Gasteiger charge is -2.19. The number of halogens is 1. The number of aromatic nitrogens is 1. The number of fused-ring (bicyclic) bond motifs is 1. The van der Waals surface area contributed by atoms with Crippen molar-refractivity contribution in [2.45, 2.75) is 33.2 Å². The Morgan fingerprint density at radius 3 is 2.82 bits per heavy atom. The molecule has 0 spiro atoms. The smallest absolute Gasteiger partial charge is 0.184 e. The summed E-state index contributed by atoms with van der Waals surface area (Å²) in [6, 6.07) is 5.13. The highest BCUT2D eigenvalue weighted by Gasteiger charge is 2.13. The molecular formula is C13H17FN2S. The third-order valence-corrected chi connectivity index (χ3v) is 3.85. The van der Waals surface area contributed by atoms with E-state index in [4.69, 9.17) is 0 Å². The van der Waals surface area contributed by atoms with Crippen LogP contribution in [-0.4, -0.2) is 11.0 Å². The molecule has 0 aliphatic rings. The SMILES string of the molecule is CCC(Nc1nc2ccc(F)cc2s1)C(C)C. The fraction of sp³-hybridized carbons (Fsp3) is 0.462. The van der Waals surface area contributed by atoms with E-state index >= 15 is 0 Å². The molecule has 4 heteroatoms. The zero-order chi connectivity index (χ0) is 12.4. The van der Waals surface area contributed by atoms with E-state index < -0.39 is 0 Å². The van der Waals surface area contributed by atoms with Crippen LogP contribution in [0.2, 0.25) is 0 Å². The standard InChI is InChI=1S/C13H17FN2S/c1-4-10(8(2)3)15-13-16-11-6-5-9(14)7-12(11)17-13/h5-8,10H,4H2,1-3H3,(H,15,16). The molecule has 1 aromatic carbocycles. The summed E-state index contributed by atoms with van der Waals surface area (Å²) in [6.07, 6.45) is 1.06. The predicted molar refractivity (Wildman–Crippen MR) is 72.1 cm³/mol. The molecule has 92 valence electrons. The molecule has 2 rings (SSSR count). The number of benzene rings is 1. The molecule has 0 amide bonds. The fourth-order valence-electron chi connectivity index (χ4n) is 1.86. The van der Waals surface area contributed by atoms with Gasteiger partial charge in [-0.1, -0.05) is 32.1 Å². The first kappa shape index (κ1) is 12.3. The summed E-state index contributed by atoms with van der Waals surface area (Å²) in [4.78, 5) is 4.46. The van der Waals surface area contributed by atoms with Crippen LogP contribution in [0.1, 0.15) is 27.2 Å². The molecule has 0 fully saturated rings. The Kier molecular flexibility index (Phi) is 3.62. The van der Waals surface area contributed by atoms with Crippen molar-refractivity contribution >= 4 is 26.7 Å². The van der Waals surface area contributed by atoms with Gasteiger partial charge in [-0.05, 0) is 30.5 Å². The largest absolute Gasteiger partial charge is 0.359 e. The summed E-state index contributed by atoms with van der Waals surface area (Å²) >= 11 is 1.51. The molecule has 1 atom stereocenters. The number of nitrogens with one attached hydrogen (secondary N) is 1. The summed E-state index contributed by atoms with van der Waals surface area (Å²) in [5, 5.41) is 4.30. The predicted octanol–water partition coefficient (Wildman–Crippen LogP) is 4.28. The van der Waals surface area contributed by atoms with Crippen LogP contribution in [-0.2, 0) is 0 Å². The monoisotopic (exact) mass is 252 g/mol. The van der Waals surface area contributed by atoms with Crippen molar-refractivity contribution in [1.29, 1.82) is 0 Å². The van der Waals surface area contributed by atoms with Crippen LogP contribution in [0, 0.1) is 11.7 Å². The average molecular weight is 252 g/mol. The lowest BCUT2D eigenvalue weighted by Crippen LogP contribution is -2.24. The van der Waals surface area contributed by atoms with Gasteiger partial charge in [0.05, 0.1) is 10.2 Å². The van der Waals surface area contributed by atoms with Crippen molar-refractivity contribution < 1.29 is 4.39 Å². The maximum absolute atomic E-state index is 13.1. The van der Waals surface area contributed by atoms with Gasteiger partial charge in [0.15, 0.2) is 5.13 Å². The Morgan fingerprint density at radius 2 is 2.18 bits per heavy atom. The number of nitrogens with zero attached hydrogens (tertiary/aromatic N) is 1. The van der Waals surface area contributed by atoms with E-state index in [1.54, 1.807) is 6.07 Å². The van der Waals surface area contributed by atoms with Crippen molar-refractivity contribution in [3.8, 4) is 0 Å². The highest BCUT2D eigenvalue weighted by Crippen LogP contribution is 2.28. The van der Waals surface area contributed by atoms with E-state index in [0.29, 0.717) is 12.0 Å². The van der Waals surface area contributed by atoms with Crippen LogP contribution < -0.4 is 5.32 Å². The third kappa shape index (κ3) is 2.75. The Hall–Kier alpha value is -1.16. The molecule has 1 aromatic heterocycles. The molecule has 0 aliphatic carbocycles. The van der Waals surface area contributed by atoms with Gasteiger partial charge in [-0.3, -0.25) is 0 Å². The summed E-state index contributed by atoms with van der Waals surface area (Å²) in [5.74, 6) is 0.354. The molecular weight excluding hydrogens is 235 g/mol. The van der Waals surface area contributed by atoms with Crippen molar-refractivity contribution in [2.75, 3.05) is 5.32 Å². The second-order valence-electron chi connectivity index (χ2n) is 4.53. The lowest BCUT2D eigenvalue weighted by atomic mass is 10.0. The van der Waals surface area contributed by atoms with E-state index in [9.17, 15) is 4.39 Å². The van der Waals surface area contributed by atoms with Gasteiger partial charge in [0.2, 0.25) is 0 Å². The van der Waals surface area contributed by atoms with Crippen LogP contribution in [0.4, 0.5) is 9.52 Å². The molecule has 0 saturated carbocycles. The number of thiazole rings is 1. The van der Waals surface area contributed by atoms with Gasteiger partial charge < -0.3 is 5.32 Å². The van der Waals surface area contributed by atoms with Gasteiger partial charge in [-0.2, -0.15) is 0 Å². The minimum absolute atomic E-state index is 0.205. The molecule has 1 N–H and O–H groups in total. The summed E-state index contributed by atoms with van der Waals surface area (Å²) in [6.45, 7) is 6.53. The van der Waals surface area contributed by atoms with Gasteiger partial charge in [-0.15, -0.1) is 0 Å². The van der Waals surface area contributed by atoms with Crippen LogP contribution in [0.15, 0.2) is 18.2 Å². The summed E-state index contributed by atoms with van der Waals surface area (Å²) in [7, 11) is 0. The minimum atomic E-state index is -0.205. The van der Waals surface area contributed by atoms with E-state index in [0.717, 1.165) is 21.8 Å². The fourth-order valence-corrected chi connectivity index (χ4v) is 2.81. The molecule has 17 heavy (non-hydrogen) atoms. The second-order valence-corrected chi connectivity index (χ2v) is 5.56. The molecule has 0 saturated heterocycles. The summed E-state index contributed by atoms with van der Waals surface area (Å²) < 4.78 is 14.0. The minimum Gasteiger partial charge on any atom is -0.359 e. The maximum Gasteiger partial charge on any atom is 0.184 e. The van der Waals surface area contributed by atoms with E-state index in [1.165, 1.54) is 23.5 Å². The first-order valence-corrected chi connectivity index (χ1v) is 6.74. The van der Waals surface area contributed by atoms with Crippen molar-refractivity contribution in [2.24, 2.45) is 5.92 Å². The van der Waals surface area contributed by atoms with E-state index in [2.05, 4.69) is 31.1 Å². The Balaban J connectivity index is 2.24. The number of anilines is 1. The third-order valence-electron chi connectivity index (χ3n) is 2.90. The molecule has 0 bridgehead atoms. The molecule has 0 radical (unpaired) electrons. The highest BCUT2D eigenvalue weighted by atomic mass is 32.1. The van der Waals surface area contributed by atoms with Crippen molar-refractivity contribution in [1.82, 2.24) is 4.98 Å². The highest BCUT2D eigenvalue weighted by molar-refractivity contribution is 7.22. The number of hydrogen-bond donors (Lipinski definition) is 1. The van der Waals surface area contributed by atoms with Gasteiger partial charge >= 0.3 is 0 Å². The zero-order valence-electron chi connectivity index (χ0n) is 10.3. The normalized spacial score (nSPS) is 13.2. The maximum atomic E-state index is 13.1. The molecule has 2 nitrogen and oxygen atoms in total. The van der Waals surface area contributed by atoms with Gasteiger partial charge in [0.1, 0.15) is 5.82 Å². The second kappa shape index (κ2) is 5.00. The van der Waals surface area contributed by atoms with Crippen LogP contribution in [0.3, 0.4) is 0 Å². The van der Waals surface area contributed by atoms with Crippen molar-refractivity contribution in [3.05, 3.63) is 24.0 Å². The van der Waals surface area contributed by atoms with Crippen LogP contribution >= 0.6 is 11.3 Å². The average Bonchev–Trinajstić information content (AvgIpc) is 2.66. The summed E-state index contributed by atoms with van der Waals surface area (Å²) in [5.41, 5.74) is 0.859. The Bertz CT molecular complexity index is 507. The quantitative estimate of drug-likeness (QED) is 0.878. The first-order chi connectivity index (χ1) is 8.10. The van der Waals surface area contributed by atoms with E-state index in [1.807, 2.05) is 0 Å². The Labute approximate surface area is 105 Å². The van der Waals surface area contributed by atoms with Crippen LogP contribution in [0.25, 0.3) is 10.2 Å². The Morgan fingerprint density at radius 1 is 1.41 bits per heavy atom. The van der Waals surface area contributed by atoms with Gasteiger partial charge in [-0.25, -0.2) is 9.37 Å². The molecule has 2 aromatic rings. The molecule has 0 aliphatic heterocycles. The van der Waals surface area contributed by atoms with E-state index in [-0.39, 0.29) is 5.82 Å². The zero-order valence-corrected chi connectivity index (χ0v) is 11.1. The van der Waals surface area contributed by atoms with Gasteiger partial charge in [0.25, 0.3) is 0 Å². The number of hydrogen-bond acceptors (Lipinski definition) is 3.